The summed E-state index contributed by atoms with van der Waals surface area (Å²) in [7, 11) is 6.78. The highest BCUT2D eigenvalue weighted by Gasteiger charge is 2.10. The standard InChI is InChI=1S/C27H44NO2/c1-5-6-17-25(29-22-13-11-21-28(2,3)4)18-8-7-12-23-30-27-20-14-16-24-15-9-10-19-26(24)27/h9-10,14-16,19-20,25H,5-8,11-13,17-18,21-23H2,1-4H3/q+1. The van der Waals surface area contributed by atoms with Crippen LogP contribution in [0.15, 0.2) is 42.5 Å². The van der Waals surface area contributed by atoms with Crippen molar-refractivity contribution in [3.63, 3.8) is 0 Å². The Bertz CT molecular complexity index is 702. The van der Waals surface area contributed by atoms with Gasteiger partial charge in [0.15, 0.2) is 0 Å². The van der Waals surface area contributed by atoms with Gasteiger partial charge in [0.2, 0.25) is 0 Å². The van der Waals surface area contributed by atoms with Crippen LogP contribution in [-0.2, 0) is 4.74 Å². The summed E-state index contributed by atoms with van der Waals surface area (Å²) in [6.07, 6.45) is 11.3. The first-order chi connectivity index (χ1) is 14.5. The van der Waals surface area contributed by atoms with Crippen molar-refractivity contribution in [1.82, 2.24) is 0 Å². The monoisotopic (exact) mass is 414 g/mol. The van der Waals surface area contributed by atoms with E-state index in [1.165, 1.54) is 68.7 Å². The summed E-state index contributed by atoms with van der Waals surface area (Å²) < 4.78 is 13.4. The molecule has 0 aliphatic rings. The number of nitrogens with zero attached hydrogens (tertiary/aromatic N) is 1. The van der Waals surface area contributed by atoms with Gasteiger partial charge >= 0.3 is 0 Å². The Kier molecular flexibility index (Phi) is 11.2. The van der Waals surface area contributed by atoms with Crippen molar-refractivity contribution in [1.29, 1.82) is 0 Å². The van der Waals surface area contributed by atoms with Crippen LogP contribution in [-0.4, -0.2) is 51.5 Å². The molecule has 3 heteroatoms. The quantitative estimate of drug-likeness (QED) is 0.221. The fourth-order valence-electron chi connectivity index (χ4n) is 3.84. The minimum Gasteiger partial charge on any atom is -0.493 e. The van der Waals surface area contributed by atoms with Gasteiger partial charge in [-0.3, -0.25) is 0 Å². The van der Waals surface area contributed by atoms with Gasteiger partial charge in [-0.05, 0) is 50.0 Å². The SMILES string of the molecule is CCCCC(CCCCCOc1cccc2ccccc12)OCCCC[N+](C)(C)C. The number of fused-ring (bicyclic) bond motifs is 1. The normalized spacial score (nSPS) is 12.9. The van der Waals surface area contributed by atoms with Gasteiger partial charge in [-0.2, -0.15) is 0 Å². The molecule has 30 heavy (non-hydrogen) atoms. The summed E-state index contributed by atoms with van der Waals surface area (Å²) in [6.45, 7) is 5.20. The van der Waals surface area contributed by atoms with Crippen LogP contribution in [0.1, 0.15) is 64.7 Å². The van der Waals surface area contributed by atoms with Gasteiger partial charge in [0.1, 0.15) is 5.75 Å². The molecule has 0 aliphatic carbocycles. The van der Waals surface area contributed by atoms with Gasteiger partial charge in [-0.25, -0.2) is 0 Å². The van der Waals surface area contributed by atoms with E-state index in [1.807, 2.05) is 0 Å². The zero-order valence-electron chi connectivity index (χ0n) is 19.9. The van der Waals surface area contributed by atoms with Crippen LogP contribution < -0.4 is 4.74 Å². The molecule has 1 atom stereocenters. The third kappa shape index (κ3) is 9.95. The molecule has 3 nitrogen and oxygen atoms in total. The van der Waals surface area contributed by atoms with E-state index < -0.39 is 0 Å². The lowest BCUT2D eigenvalue weighted by Gasteiger charge is -2.24. The largest absolute Gasteiger partial charge is 0.493 e. The fraction of sp³-hybridized carbons (Fsp3) is 0.630. The Morgan fingerprint density at radius 2 is 1.50 bits per heavy atom. The second-order valence-corrected chi connectivity index (χ2v) is 9.53. The topological polar surface area (TPSA) is 18.5 Å². The highest BCUT2D eigenvalue weighted by Crippen LogP contribution is 2.25. The summed E-state index contributed by atoms with van der Waals surface area (Å²) in [5.41, 5.74) is 0. The van der Waals surface area contributed by atoms with Crippen molar-refractivity contribution >= 4 is 10.8 Å². The molecule has 2 rings (SSSR count). The molecule has 0 amide bonds. The van der Waals surface area contributed by atoms with E-state index in [-0.39, 0.29) is 0 Å². The summed E-state index contributed by atoms with van der Waals surface area (Å²) >= 11 is 0. The molecule has 0 aromatic heterocycles. The second kappa shape index (κ2) is 13.7. The van der Waals surface area contributed by atoms with E-state index in [2.05, 4.69) is 70.5 Å². The van der Waals surface area contributed by atoms with Crippen molar-refractivity contribution in [2.75, 3.05) is 40.9 Å². The zero-order valence-corrected chi connectivity index (χ0v) is 19.9. The van der Waals surface area contributed by atoms with Crippen LogP contribution >= 0.6 is 0 Å². The first kappa shape index (κ1) is 24.7. The van der Waals surface area contributed by atoms with Crippen molar-refractivity contribution in [3.05, 3.63) is 42.5 Å². The molecular weight excluding hydrogens is 370 g/mol. The predicted molar refractivity (Wildman–Crippen MR) is 129 cm³/mol. The lowest BCUT2D eigenvalue weighted by molar-refractivity contribution is -0.870. The molecule has 0 spiro atoms. The Labute approximate surface area is 185 Å². The maximum atomic E-state index is 6.24. The van der Waals surface area contributed by atoms with Crippen LogP contribution in [0.25, 0.3) is 10.8 Å². The smallest absolute Gasteiger partial charge is 0.127 e. The van der Waals surface area contributed by atoms with Gasteiger partial charge < -0.3 is 14.0 Å². The van der Waals surface area contributed by atoms with Crippen LogP contribution in [0.2, 0.25) is 0 Å². The van der Waals surface area contributed by atoms with E-state index in [0.717, 1.165) is 29.9 Å². The maximum absolute atomic E-state index is 6.24. The minimum atomic E-state index is 0.438. The molecule has 0 bridgehead atoms. The zero-order chi connectivity index (χ0) is 21.7. The molecular formula is C27H44NO2+. The Hall–Kier alpha value is -1.58. The Balaban J connectivity index is 1.62. The molecule has 2 aromatic rings. The van der Waals surface area contributed by atoms with Crippen LogP contribution in [0, 0.1) is 0 Å². The number of quaternary nitrogens is 1. The number of ether oxygens (including phenoxy) is 2. The number of hydrogen-bond acceptors (Lipinski definition) is 2. The third-order valence-electron chi connectivity index (χ3n) is 5.63. The molecule has 0 saturated carbocycles. The van der Waals surface area contributed by atoms with Crippen LogP contribution in [0.4, 0.5) is 0 Å². The molecule has 0 saturated heterocycles. The van der Waals surface area contributed by atoms with Gasteiger partial charge in [0.05, 0.1) is 40.4 Å². The summed E-state index contributed by atoms with van der Waals surface area (Å²) in [6, 6.07) is 14.7. The highest BCUT2D eigenvalue weighted by molar-refractivity contribution is 5.88. The minimum absolute atomic E-state index is 0.438. The average Bonchev–Trinajstić information content (AvgIpc) is 2.72. The fourth-order valence-corrected chi connectivity index (χ4v) is 3.84. The Morgan fingerprint density at radius 3 is 2.30 bits per heavy atom. The second-order valence-electron chi connectivity index (χ2n) is 9.53. The summed E-state index contributed by atoms with van der Waals surface area (Å²) in [5.74, 6) is 1.01. The van der Waals surface area contributed by atoms with E-state index in [0.29, 0.717) is 6.10 Å². The number of benzene rings is 2. The van der Waals surface area contributed by atoms with E-state index in [9.17, 15) is 0 Å². The van der Waals surface area contributed by atoms with Gasteiger partial charge in [-0.1, -0.05) is 62.6 Å². The molecule has 0 aliphatic heterocycles. The van der Waals surface area contributed by atoms with Crippen molar-refractivity contribution in [3.8, 4) is 5.75 Å². The van der Waals surface area contributed by atoms with E-state index >= 15 is 0 Å². The first-order valence-electron chi connectivity index (χ1n) is 12.0. The molecule has 1 unspecified atom stereocenters. The Morgan fingerprint density at radius 1 is 0.767 bits per heavy atom. The van der Waals surface area contributed by atoms with Gasteiger partial charge in [0.25, 0.3) is 0 Å². The summed E-state index contributed by atoms with van der Waals surface area (Å²) in [4.78, 5) is 0. The number of hydrogen-bond donors (Lipinski definition) is 0. The average molecular weight is 415 g/mol. The molecule has 0 N–H and O–H groups in total. The maximum Gasteiger partial charge on any atom is 0.127 e. The number of rotatable bonds is 16. The first-order valence-corrected chi connectivity index (χ1v) is 12.0. The lowest BCUT2D eigenvalue weighted by atomic mass is 10.1. The summed E-state index contributed by atoms with van der Waals surface area (Å²) in [5, 5.41) is 2.45. The van der Waals surface area contributed by atoms with Crippen LogP contribution in [0.5, 0.6) is 5.75 Å². The molecule has 2 aromatic carbocycles. The van der Waals surface area contributed by atoms with Crippen LogP contribution in [0.3, 0.4) is 0 Å². The van der Waals surface area contributed by atoms with E-state index in [1.54, 1.807) is 0 Å². The number of unbranched alkanes of at least 4 members (excludes halogenated alkanes) is 4. The molecule has 0 radical (unpaired) electrons. The molecule has 0 heterocycles. The molecule has 168 valence electrons. The molecule has 0 fully saturated rings. The van der Waals surface area contributed by atoms with E-state index in [4.69, 9.17) is 9.47 Å². The lowest BCUT2D eigenvalue weighted by Crippen LogP contribution is -2.35. The predicted octanol–water partition coefficient (Wildman–Crippen LogP) is 6.84. The van der Waals surface area contributed by atoms with Gasteiger partial charge in [-0.15, -0.1) is 0 Å². The third-order valence-corrected chi connectivity index (χ3v) is 5.63. The van der Waals surface area contributed by atoms with Gasteiger partial charge in [0, 0.05) is 12.0 Å². The highest BCUT2D eigenvalue weighted by atomic mass is 16.5. The van der Waals surface area contributed by atoms with Crippen molar-refractivity contribution in [2.24, 2.45) is 0 Å². The van der Waals surface area contributed by atoms with Crippen molar-refractivity contribution < 1.29 is 14.0 Å². The van der Waals surface area contributed by atoms with Crippen molar-refractivity contribution in [2.45, 2.75) is 70.8 Å².